The molecule has 1 aliphatic heterocycles. The number of hydrogen-bond donors (Lipinski definition) is 2. The second-order valence-electron chi connectivity index (χ2n) is 6.68. The normalized spacial score (nSPS) is 14.0. The van der Waals surface area contributed by atoms with Gasteiger partial charge in [-0.05, 0) is 31.2 Å². The summed E-state index contributed by atoms with van der Waals surface area (Å²) in [7, 11) is 0. The zero-order valence-electron chi connectivity index (χ0n) is 16.0. The van der Waals surface area contributed by atoms with Gasteiger partial charge in [-0.1, -0.05) is 12.1 Å². The molecule has 2 N–H and O–H groups in total. The molecule has 1 saturated heterocycles. The van der Waals surface area contributed by atoms with Crippen molar-refractivity contribution in [1.82, 2.24) is 9.97 Å². The molecule has 1 fully saturated rings. The smallest absolute Gasteiger partial charge is 0.149 e. The quantitative estimate of drug-likeness (QED) is 0.666. The van der Waals surface area contributed by atoms with Crippen molar-refractivity contribution in [2.24, 2.45) is 0 Å². The standard InChI is InChI=1S/C21H21F2N5O/c1-14-24-20(26-17-7-6-15(22)12-16(17)23)13-21(25-14)27-18-4-2-3-5-19(18)28-8-10-29-11-9-28/h2-7,12-13H,8-11H2,1H3,(H2,24,25,26,27). The summed E-state index contributed by atoms with van der Waals surface area (Å²) in [6, 6.07) is 13.0. The highest BCUT2D eigenvalue weighted by molar-refractivity contribution is 5.75. The highest BCUT2D eigenvalue weighted by Crippen LogP contribution is 2.30. The van der Waals surface area contributed by atoms with Crippen molar-refractivity contribution in [3.05, 3.63) is 66.0 Å². The van der Waals surface area contributed by atoms with Crippen LogP contribution < -0.4 is 15.5 Å². The Hall–Kier alpha value is -3.26. The Labute approximate surface area is 167 Å². The number of rotatable bonds is 5. The topological polar surface area (TPSA) is 62.3 Å². The van der Waals surface area contributed by atoms with Crippen LogP contribution in [0.4, 0.5) is 37.5 Å². The van der Waals surface area contributed by atoms with E-state index in [1.807, 2.05) is 18.2 Å². The van der Waals surface area contributed by atoms with Crippen molar-refractivity contribution in [3.63, 3.8) is 0 Å². The van der Waals surface area contributed by atoms with Crippen LogP contribution in [0.25, 0.3) is 0 Å². The van der Waals surface area contributed by atoms with Crippen molar-refractivity contribution in [2.45, 2.75) is 6.92 Å². The van der Waals surface area contributed by atoms with Gasteiger partial charge >= 0.3 is 0 Å². The highest BCUT2D eigenvalue weighted by atomic mass is 19.1. The summed E-state index contributed by atoms with van der Waals surface area (Å²) < 4.78 is 32.5. The zero-order chi connectivity index (χ0) is 20.2. The first-order valence-electron chi connectivity index (χ1n) is 9.35. The maximum Gasteiger partial charge on any atom is 0.149 e. The molecule has 0 unspecified atom stereocenters. The van der Waals surface area contributed by atoms with E-state index < -0.39 is 11.6 Å². The minimum absolute atomic E-state index is 0.143. The Morgan fingerprint density at radius 3 is 2.31 bits per heavy atom. The van der Waals surface area contributed by atoms with Gasteiger partial charge in [-0.3, -0.25) is 0 Å². The number of nitrogens with zero attached hydrogens (tertiary/aromatic N) is 3. The average Bonchev–Trinajstić information content (AvgIpc) is 2.71. The molecule has 0 atom stereocenters. The van der Waals surface area contributed by atoms with E-state index in [1.165, 1.54) is 12.1 Å². The van der Waals surface area contributed by atoms with Gasteiger partial charge in [0.1, 0.15) is 29.1 Å². The van der Waals surface area contributed by atoms with E-state index >= 15 is 0 Å². The van der Waals surface area contributed by atoms with E-state index in [9.17, 15) is 8.78 Å². The van der Waals surface area contributed by atoms with Crippen LogP contribution in [0.3, 0.4) is 0 Å². The van der Waals surface area contributed by atoms with Crippen LogP contribution in [0.1, 0.15) is 5.82 Å². The summed E-state index contributed by atoms with van der Waals surface area (Å²) in [5, 5.41) is 6.22. The van der Waals surface area contributed by atoms with Gasteiger partial charge < -0.3 is 20.3 Å². The fourth-order valence-corrected chi connectivity index (χ4v) is 3.22. The molecule has 29 heavy (non-hydrogen) atoms. The Bertz CT molecular complexity index is 1010. The van der Waals surface area contributed by atoms with Crippen LogP contribution in [0.2, 0.25) is 0 Å². The molecule has 1 aromatic heterocycles. The number of para-hydroxylation sites is 2. The van der Waals surface area contributed by atoms with Gasteiger partial charge in [-0.25, -0.2) is 18.7 Å². The van der Waals surface area contributed by atoms with Crippen molar-refractivity contribution >= 4 is 28.7 Å². The molecule has 2 heterocycles. The molecular weight excluding hydrogens is 376 g/mol. The summed E-state index contributed by atoms with van der Waals surface area (Å²) in [6.07, 6.45) is 0. The Morgan fingerprint density at radius 1 is 0.897 bits per heavy atom. The number of halogens is 2. The number of benzene rings is 2. The van der Waals surface area contributed by atoms with E-state index in [0.29, 0.717) is 30.7 Å². The van der Waals surface area contributed by atoms with Crippen molar-refractivity contribution in [3.8, 4) is 0 Å². The van der Waals surface area contributed by atoms with Crippen molar-refractivity contribution in [2.75, 3.05) is 41.8 Å². The summed E-state index contributed by atoms with van der Waals surface area (Å²) in [4.78, 5) is 11.0. The summed E-state index contributed by atoms with van der Waals surface area (Å²) in [5.41, 5.74) is 2.11. The van der Waals surface area contributed by atoms with Crippen LogP contribution in [-0.4, -0.2) is 36.3 Å². The monoisotopic (exact) mass is 397 g/mol. The largest absolute Gasteiger partial charge is 0.378 e. The molecule has 4 rings (SSSR count). The third kappa shape index (κ3) is 4.60. The maximum atomic E-state index is 14.0. The van der Waals surface area contributed by atoms with E-state index in [4.69, 9.17) is 4.74 Å². The molecular formula is C21H21F2N5O. The number of ether oxygens (including phenoxy) is 1. The second-order valence-corrected chi connectivity index (χ2v) is 6.68. The van der Waals surface area contributed by atoms with Crippen LogP contribution in [0.5, 0.6) is 0 Å². The van der Waals surface area contributed by atoms with E-state index in [2.05, 4.69) is 31.6 Å². The van der Waals surface area contributed by atoms with Gasteiger partial charge in [-0.2, -0.15) is 0 Å². The first-order valence-corrected chi connectivity index (χ1v) is 9.35. The fourth-order valence-electron chi connectivity index (χ4n) is 3.22. The third-order valence-electron chi connectivity index (χ3n) is 4.55. The zero-order valence-corrected chi connectivity index (χ0v) is 16.0. The van der Waals surface area contributed by atoms with Crippen molar-refractivity contribution in [1.29, 1.82) is 0 Å². The number of nitrogens with one attached hydrogen (secondary N) is 2. The first-order chi connectivity index (χ1) is 14.1. The van der Waals surface area contributed by atoms with Gasteiger partial charge in [0.25, 0.3) is 0 Å². The lowest BCUT2D eigenvalue weighted by Gasteiger charge is -2.30. The van der Waals surface area contributed by atoms with E-state index in [-0.39, 0.29) is 5.69 Å². The molecule has 150 valence electrons. The number of hydrogen-bond acceptors (Lipinski definition) is 6. The Balaban J connectivity index is 1.59. The molecule has 1 aliphatic rings. The van der Waals surface area contributed by atoms with E-state index in [1.54, 1.807) is 13.0 Å². The van der Waals surface area contributed by atoms with E-state index in [0.717, 1.165) is 30.5 Å². The Kier molecular flexibility index (Phi) is 5.53. The third-order valence-corrected chi connectivity index (χ3v) is 4.55. The first kappa shape index (κ1) is 19.1. The summed E-state index contributed by atoms with van der Waals surface area (Å²) >= 11 is 0. The second kappa shape index (κ2) is 8.40. The van der Waals surface area contributed by atoms with Gasteiger partial charge in [0.05, 0.1) is 30.3 Å². The number of aromatic nitrogens is 2. The molecule has 0 radical (unpaired) electrons. The van der Waals surface area contributed by atoms with Gasteiger partial charge in [0.15, 0.2) is 0 Å². The van der Waals surface area contributed by atoms with Gasteiger partial charge in [0.2, 0.25) is 0 Å². The average molecular weight is 397 g/mol. The number of anilines is 5. The van der Waals surface area contributed by atoms with Crippen molar-refractivity contribution < 1.29 is 13.5 Å². The molecule has 0 amide bonds. The minimum Gasteiger partial charge on any atom is -0.378 e. The van der Waals surface area contributed by atoms with Crippen LogP contribution in [-0.2, 0) is 4.74 Å². The van der Waals surface area contributed by atoms with Crippen LogP contribution in [0, 0.1) is 18.6 Å². The minimum atomic E-state index is -0.687. The highest BCUT2D eigenvalue weighted by Gasteiger charge is 2.15. The number of morpholine rings is 1. The molecule has 8 heteroatoms. The maximum absolute atomic E-state index is 14.0. The molecule has 0 saturated carbocycles. The SMILES string of the molecule is Cc1nc(Nc2ccc(F)cc2F)cc(Nc2ccccc2N2CCOCC2)n1. The summed E-state index contributed by atoms with van der Waals surface area (Å²) in [5.74, 6) is 0.184. The Morgan fingerprint density at radius 2 is 1.59 bits per heavy atom. The molecule has 0 aliphatic carbocycles. The molecule has 6 nitrogen and oxygen atoms in total. The van der Waals surface area contributed by atoms with Gasteiger partial charge in [0, 0.05) is 25.2 Å². The predicted octanol–water partition coefficient (Wildman–Crippen LogP) is 4.39. The lowest BCUT2D eigenvalue weighted by Crippen LogP contribution is -2.36. The van der Waals surface area contributed by atoms with Crippen LogP contribution >= 0.6 is 0 Å². The lowest BCUT2D eigenvalue weighted by atomic mass is 10.2. The number of aryl methyl sites for hydroxylation is 1. The molecule has 0 bridgehead atoms. The van der Waals surface area contributed by atoms with Gasteiger partial charge in [-0.15, -0.1) is 0 Å². The molecule has 3 aromatic rings. The summed E-state index contributed by atoms with van der Waals surface area (Å²) in [6.45, 7) is 4.78. The lowest BCUT2D eigenvalue weighted by molar-refractivity contribution is 0.123. The predicted molar refractivity (Wildman–Crippen MR) is 109 cm³/mol. The van der Waals surface area contributed by atoms with Crippen LogP contribution in [0.15, 0.2) is 48.5 Å². The molecule has 2 aromatic carbocycles. The molecule has 0 spiro atoms. The fraction of sp³-hybridized carbons (Fsp3) is 0.238.